The Morgan fingerprint density at radius 3 is 2.00 bits per heavy atom. The molecule has 0 aliphatic carbocycles. The summed E-state index contributed by atoms with van der Waals surface area (Å²) in [7, 11) is 0. The van der Waals surface area contributed by atoms with Gasteiger partial charge in [0.15, 0.2) is 0 Å². The van der Waals surface area contributed by atoms with Gasteiger partial charge in [-0.1, -0.05) is 62.4 Å². The molecule has 0 unspecified atom stereocenters. The lowest BCUT2D eigenvalue weighted by Crippen LogP contribution is -2.38. The molecule has 0 radical (unpaired) electrons. The van der Waals surface area contributed by atoms with Gasteiger partial charge < -0.3 is 9.47 Å². The van der Waals surface area contributed by atoms with Crippen LogP contribution < -0.4 is 0 Å². The van der Waals surface area contributed by atoms with Crippen molar-refractivity contribution < 1.29 is 19.1 Å². The summed E-state index contributed by atoms with van der Waals surface area (Å²) in [4.78, 5) is 24.4. The highest BCUT2D eigenvalue weighted by atomic mass is 16.7. The fraction of sp³-hybridized carbons (Fsp3) is 0.238. The van der Waals surface area contributed by atoms with Crippen molar-refractivity contribution in [3.05, 3.63) is 82.9 Å². The van der Waals surface area contributed by atoms with E-state index in [4.69, 9.17) is 9.47 Å². The highest BCUT2D eigenvalue weighted by Crippen LogP contribution is 2.39. The average molecular weight is 336 g/mol. The number of cyclic esters (lactones) is 2. The third-order valence-corrected chi connectivity index (χ3v) is 4.36. The monoisotopic (exact) mass is 336 g/mol. The molecule has 0 saturated carbocycles. The number of esters is 2. The van der Waals surface area contributed by atoms with Crippen LogP contribution in [0.15, 0.2) is 60.7 Å². The van der Waals surface area contributed by atoms with Gasteiger partial charge in [-0.25, -0.2) is 9.59 Å². The van der Waals surface area contributed by atoms with Gasteiger partial charge in [0, 0.05) is 23.3 Å². The van der Waals surface area contributed by atoms with Crippen LogP contribution >= 0.6 is 0 Å². The van der Waals surface area contributed by atoms with Crippen LogP contribution in [0.25, 0.3) is 0 Å². The molecule has 0 amide bonds. The van der Waals surface area contributed by atoms with Crippen molar-refractivity contribution in [2.24, 2.45) is 0 Å². The average Bonchev–Trinajstić information content (AvgIpc) is 2.80. The van der Waals surface area contributed by atoms with Crippen LogP contribution in [0.1, 0.15) is 36.1 Å². The Kier molecular flexibility index (Phi) is 4.70. The molecule has 0 aromatic heterocycles. The van der Waals surface area contributed by atoms with Crippen LogP contribution in [-0.4, -0.2) is 11.9 Å². The number of rotatable bonds is 4. The molecule has 2 aromatic rings. The lowest BCUT2D eigenvalue weighted by molar-refractivity contribution is -0.209. The van der Waals surface area contributed by atoms with Crippen molar-refractivity contribution in [3.63, 3.8) is 0 Å². The Bertz CT molecular complexity index is 801. The zero-order valence-corrected chi connectivity index (χ0v) is 14.3. The van der Waals surface area contributed by atoms with Crippen LogP contribution in [-0.2, 0) is 37.7 Å². The molecule has 0 bridgehead atoms. The van der Waals surface area contributed by atoms with Gasteiger partial charge in [-0.2, -0.15) is 0 Å². The number of aryl methyl sites for hydroxylation is 1. The molecule has 0 fully saturated rings. The minimum Gasteiger partial charge on any atom is -0.410 e. The number of carbonyl (C=O) groups is 2. The van der Waals surface area contributed by atoms with E-state index in [-0.39, 0.29) is 0 Å². The standard InChI is InChI=1S/C21H20O4/c1-3-15-9-8-12-18(17(15)4-2)21(16-10-6-5-7-11-16)24-19(22)13-14-20(23)25-21/h5-14H,3-4H2,1-2H3. The highest BCUT2D eigenvalue weighted by Gasteiger charge is 2.45. The van der Waals surface area contributed by atoms with Crippen molar-refractivity contribution in [3.8, 4) is 0 Å². The Morgan fingerprint density at radius 2 is 1.44 bits per heavy atom. The van der Waals surface area contributed by atoms with Crippen molar-refractivity contribution in [2.75, 3.05) is 0 Å². The van der Waals surface area contributed by atoms with E-state index < -0.39 is 17.7 Å². The summed E-state index contributed by atoms with van der Waals surface area (Å²) in [5, 5.41) is 0. The van der Waals surface area contributed by atoms with E-state index >= 15 is 0 Å². The Hall–Kier alpha value is -2.88. The second-order valence-corrected chi connectivity index (χ2v) is 5.81. The minimum atomic E-state index is -1.59. The van der Waals surface area contributed by atoms with Gasteiger partial charge in [0.25, 0.3) is 0 Å². The normalized spacial score (nSPS) is 16.1. The van der Waals surface area contributed by atoms with E-state index in [1.807, 2.05) is 43.3 Å². The summed E-state index contributed by atoms with van der Waals surface area (Å²) in [6, 6.07) is 14.9. The van der Waals surface area contributed by atoms with Crippen molar-refractivity contribution in [2.45, 2.75) is 32.5 Å². The molecule has 0 N–H and O–H groups in total. The Morgan fingerprint density at radius 1 is 0.800 bits per heavy atom. The molecule has 1 aliphatic heterocycles. The summed E-state index contributed by atoms with van der Waals surface area (Å²) in [5.74, 6) is -2.81. The Balaban J connectivity index is 2.30. The van der Waals surface area contributed by atoms with Gasteiger partial charge >= 0.3 is 17.7 Å². The van der Waals surface area contributed by atoms with Crippen LogP contribution in [0.2, 0.25) is 0 Å². The zero-order chi connectivity index (χ0) is 17.9. The first-order valence-corrected chi connectivity index (χ1v) is 8.41. The quantitative estimate of drug-likeness (QED) is 0.800. The van der Waals surface area contributed by atoms with E-state index in [0.29, 0.717) is 11.1 Å². The third-order valence-electron chi connectivity index (χ3n) is 4.36. The molecule has 1 aliphatic rings. The number of benzene rings is 2. The number of hydrogen-bond donors (Lipinski definition) is 0. The zero-order valence-electron chi connectivity index (χ0n) is 14.3. The summed E-state index contributed by atoms with van der Waals surface area (Å²) in [6.45, 7) is 4.11. The molecule has 0 atom stereocenters. The van der Waals surface area contributed by atoms with Crippen LogP contribution in [0.5, 0.6) is 0 Å². The summed E-state index contributed by atoms with van der Waals surface area (Å²) < 4.78 is 11.4. The molecule has 0 saturated heterocycles. The van der Waals surface area contributed by atoms with Gasteiger partial charge in [-0.15, -0.1) is 0 Å². The maximum absolute atomic E-state index is 12.2. The number of carbonyl (C=O) groups excluding carboxylic acids is 2. The highest BCUT2D eigenvalue weighted by molar-refractivity contribution is 5.93. The van der Waals surface area contributed by atoms with E-state index in [2.05, 4.69) is 6.92 Å². The number of hydrogen-bond acceptors (Lipinski definition) is 4. The Labute approximate surface area is 147 Å². The second kappa shape index (κ2) is 6.93. The molecule has 2 aromatic carbocycles. The van der Waals surface area contributed by atoms with Gasteiger partial charge in [0.1, 0.15) is 0 Å². The molecule has 1 heterocycles. The first-order valence-electron chi connectivity index (χ1n) is 8.41. The van der Waals surface area contributed by atoms with E-state index in [1.54, 1.807) is 12.1 Å². The lowest BCUT2D eigenvalue weighted by Gasteiger charge is -2.34. The molecule has 3 rings (SSSR count). The molecule has 0 spiro atoms. The molecule has 4 nitrogen and oxygen atoms in total. The SMILES string of the molecule is CCc1cccc(C2(c3ccccc3)OC(=O)C=CC(=O)O2)c1CC. The van der Waals surface area contributed by atoms with Gasteiger partial charge in [0.05, 0.1) is 0 Å². The third kappa shape index (κ3) is 3.07. The molecule has 128 valence electrons. The molecule has 25 heavy (non-hydrogen) atoms. The van der Waals surface area contributed by atoms with E-state index in [0.717, 1.165) is 36.1 Å². The van der Waals surface area contributed by atoms with Gasteiger partial charge in [-0.05, 0) is 24.0 Å². The van der Waals surface area contributed by atoms with Crippen molar-refractivity contribution >= 4 is 11.9 Å². The predicted molar refractivity (Wildman–Crippen MR) is 93.7 cm³/mol. The van der Waals surface area contributed by atoms with E-state index in [1.165, 1.54) is 0 Å². The van der Waals surface area contributed by atoms with Crippen molar-refractivity contribution in [1.82, 2.24) is 0 Å². The van der Waals surface area contributed by atoms with Gasteiger partial charge in [0.2, 0.25) is 0 Å². The molecular weight excluding hydrogens is 316 g/mol. The molecular formula is C21H20O4. The van der Waals surface area contributed by atoms with Gasteiger partial charge in [-0.3, -0.25) is 0 Å². The van der Waals surface area contributed by atoms with Crippen molar-refractivity contribution in [1.29, 1.82) is 0 Å². The number of ether oxygens (including phenoxy) is 2. The fourth-order valence-electron chi connectivity index (χ4n) is 3.24. The van der Waals surface area contributed by atoms with Crippen LogP contribution in [0.3, 0.4) is 0 Å². The molecule has 4 heteroatoms. The smallest absolute Gasteiger partial charge is 0.334 e. The maximum atomic E-state index is 12.2. The van der Waals surface area contributed by atoms with Crippen LogP contribution in [0, 0.1) is 0 Å². The first-order chi connectivity index (χ1) is 12.1. The minimum absolute atomic E-state index is 0.600. The lowest BCUT2D eigenvalue weighted by atomic mass is 9.88. The summed E-state index contributed by atoms with van der Waals surface area (Å²) in [6.07, 6.45) is 3.77. The summed E-state index contributed by atoms with van der Waals surface area (Å²) in [5.41, 5.74) is 3.45. The second-order valence-electron chi connectivity index (χ2n) is 5.81. The predicted octanol–water partition coefficient (Wildman–Crippen LogP) is 3.67. The van der Waals surface area contributed by atoms with Crippen LogP contribution in [0.4, 0.5) is 0 Å². The largest absolute Gasteiger partial charge is 0.410 e. The van der Waals surface area contributed by atoms with E-state index in [9.17, 15) is 9.59 Å². The summed E-state index contributed by atoms with van der Waals surface area (Å²) >= 11 is 0. The maximum Gasteiger partial charge on any atom is 0.334 e. The first kappa shape index (κ1) is 17.0. The fourth-order valence-corrected chi connectivity index (χ4v) is 3.24. The topological polar surface area (TPSA) is 52.6 Å².